The van der Waals surface area contributed by atoms with Gasteiger partial charge in [0.1, 0.15) is 0 Å². The number of anilines is 1. The molecule has 30 heavy (non-hydrogen) atoms. The molecule has 0 aliphatic carbocycles. The zero-order valence-electron chi connectivity index (χ0n) is 16.9. The number of rotatable bonds is 6. The van der Waals surface area contributed by atoms with E-state index in [-0.39, 0.29) is 0 Å². The van der Waals surface area contributed by atoms with Crippen LogP contribution in [0.5, 0.6) is 0 Å². The third-order valence-electron chi connectivity index (χ3n) is 3.97. The van der Waals surface area contributed by atoms with Gasteiger partial charge in [0, 0.05) is 11.8 Å². The van der Waals surface area contributed by atoms with Gasteiger partial charge in [-0.15, -0.1) is 0 Å². The van der Waals surface area contributed by atoms with Crippen LogP contribution in [-0.2, 0) is 19.1 Å². The first-order valence-electron chi connectivity index (χ1n) is 9.00. The second-order valence-corrected chi connectivity index (χ2v) is 6.38. The molecule has 0 atom stereocenters. The van der Waals surface area contributed by atoms with Crippen molar-refractivity contribution in [1.29, 1.82) is 0 Å². The quantitative estimate of drug-likeness (QED) is 0.559. The van der Waals surface area contributed by atoms with Crippen LogP contribution >= 0.6 is 0 Å². The second-order valence-electron chi connectivity index (χ2n) is 6.38. The topological polar surface area (TPSA) is 111 Å². The summed E-state index contributed by atoms with van der Waals surface area (Å²) in [5, 5.41) is 4.65. The van der Waals surface area contributed by atoms with Gasteiger partial charge in [0.25, 0.3) is 5.91 Å². The number of nitrogens with one attached hydrogen (secondary N) is 2. The Morgan fingerprint density at radius 1 is 1.00 bits per heavy atom. The van der Waals surface area contributed by atoms with Gasteiger partial charge in [0.2, 0.25) is 0 Å². The van der Waals surface area contributed by atoms with Gasteiger partial charge < -0.3 is 14.8 Å². The molecule has 0 aromatic heterocycles. The average molecular weight is 410 g/mol. The van der Waals surface area contributed by atoms with Crippen molar-refractivity contribution in [3.05, 3.63) is 70.8 Å². The molecule has 2 rings (SSSR count). The minimum atomic E-state index is -0.763. The number of benzene rings is 2. The number of imide groups is 1. The zero-order chi connectivity index (χ0) is 22.1. The Balaban J connectivity index is 1.78. The Hall–Kier alpha value is -3.94. The Morgan fingerprint density at radius 3 is 2.33 bits per heavy atom. The van der Waals surface area contributed by atoms with Crippen molar-refractivity contribution < 1.29 is 28.7 Å². The zero-order valence-corrected chi connectivity index (χ0v) is 16.9. The van der Waals surface area contributed by atoms with Crippen molar-refractivity contribution in [1.82, 2.24) is 5.32 Å². The maximum atomic E-state index is 11.9. The van der Waals surface area contributed by atoms with E-state index in [0.29, 0.717) is 16.8 Å². The highest BCUT2D eigenvalue weighted by molar-refractivity contribution is 6.02. The normalized spacial score (nSPS) is 10.4. The van der Waals surface area contributed by atoms with Crippen molar-refractivity contribution in [3.8, 4) is 0 Å². The molecule has 0 radical (unpaired) electrons. The molecule has 0 spiro atoms. The third kappa shape index (κ3) is 6.90. The molecule has 2 aromatic rings. The first kappa shape index (κ1) is 22.4. The summed E-state index contributed by atoms with van der Waals surface area (Å²) in [5.41, 5.74) is 3.51. The van der Waals surface area contributed by atoms with Crippen LogP contribution < -0.4 is 10.6 Å². The number of hydrogen-bond donors (Lipinski definition) is 2. The molecule has 2 aromatic carbocycles. The van der Waals surface area contributed by atoms with Gasteiger partial charge in [0.15, 0.2) is 6.61 Å². The smallest absolute Gasteiger partial charge is 0.337 e. The minimum Gasteiger partial charge on any atom is -0.465 e. The molecule has 8 heteroatoms. The predicted octanol–water partition coefficient (Wildman–Crippen LogP) is 2.99. The Morgan fingerprint density at radius 2 is 1.70 bits per heavy atom. The second kappa shape index (κ2) is 10.6. The monoisotopic (exact) mass is 410 g/mol. The molecule has 3 amide bonds. The largest absolute Gasteiger partial charge is 0.465 e. The van der Waals surface area contributed by atoms with E-state index in [1.165, 1.54) is 13.2 Å². The SMILES string of the molecule is COC(=O)c1ccc(/C=C/C(=O)OCC(=O)NC(=O)Nc2ccc(C)cc2C)cc1. The molecule has 0 fully saturated rings. The number of hydrogen-bond acceptors (Lipinski definition) is 6. The lowest BCUT2D eigenvalue weighted by Crippen LogP contribution is -2.37. The van der Waals surface area contributed by atoms with Crippen LogP contribution in [0.1, 0.15) is 27.0 Å². The molecule has 0 saturated heterocycles. The van der Waals surface area contributed by atoms with Crippen molar-refractivity contribution >= 4 is 35.6 Å². The van der Waals surface area contributed by atoms with Crippen LogP contribution in [-0.4, -0.2) is 37.6 Å². The summed E-state index contributed by atoms with van der Waals surface area (Å²) in [6.45, 7) is 3.16. The molecule has 0 unspecified atom stereocenters. The average Bonchev–Trinajstić information content (AvgIpc) is 2.72. The highest BCUT2D eigenvalue weighted by atomic mass is 16.5. The van der Waals surface area contributed by atoms with E-state index in [1.54, 1.807) is 30.3 Å². The Bertz CT molecular complexity index is 980. The van der Waals surface area contributed by atoms with Gasteiger partial charge in [-0.2, -0.15) is 0 Å². The maximum Gasteiger partial charge on any atom is 0.337 e. The van der Waals surface area contributed by atoms with Gasteiger partial charge in [-0.25, -0.2) is 14.4 Å². The Kier molecular flexibility index (Phi) is 7.87. The van der Waals surface area contributed by atoms with Crippen molar-refractivity contribution in [2.24, 2.45) is 0 Å². The molecular weight excluding hydrogens is 388 g/mol. The molecular formula is C22H22N2O6. The lowest BCUT2D eigenvalue weighted by Gasteiger charge is -2.09. The number of urea groups is 1. The first-order chi connectivity index (χ1) is 14.3. The molecule has 0 aliphatic heterocycles. The number of methoxy groups -OCH3 is 1. The van der Waals surface area contributed by atoms with Gasteiger partial charge >= 0.3 is 18.0 Å². The molecule has 2 N–H and O–H groups in total. The lowest BCUT2D eigenvalue weighted by molar-refractivity contribution is -0.143. The highest BCUT2D eigenvalue weighted by Gasteiger charge is 2.11. The molecule has 0 aliphatic rings. The first-order valence-corrected chi connectivity index (χ1v) is 9.00. The predicted molar refractivity (Wildman–Crippen MR) is 111 cm³/mol. The van der Waals surface area contributed by atoms with Crippen LogP contribution in [0.2, 0.25) is 0 Å². The van der Waals surface area contributed by atoms with E-state index < -0.39 is 30.5 Å². The third-order valence-corrected chi connectivity index (χ3v) is 3.97. The molecule has 0 bridgehead atoms. The Labute approximate surface area is 173 Å². The van der Waals surface area contributed by atoms with Crippen molar-refractivity contribution in [2.45, 2.75) is 13.8 Å². The highest BCUT2D eigenvalue weighted by Crippen LogP contribution is 2.15. The molecule has 8 nitrogen and oxygen atoms in total. The minimum absolute atomic E-state index is 0.382. The number of carbonyl (C=O) groups is 4. The van der Waals surface area contributed by atoms with Gasteiger partial charge in [0.05, 0.1) is 12.7 Å². The summed E-state index contributed by atoms with van der Waals surface area (Å²) < 4.78 is 9.41. The summed E-state index contributed by atoms with van der Waals surface area (Å²) in [4.78, 5) is 46.8. The van der Waals surface area contributed by atoms with Crippen LogP contribution in [0.15, 0.2) is 48.5 Å². The van der Waals surface area contributed by atoms with Crippen LogP contribution in [0.25, 0.3) is 6.08 Å². The fraction of sp³-hybridized carbons (Fsp3) is 0.182. The van der Waals surface area contributed by atoms with Crippen molar-refractivity contribution in [3.63, 3.8) is 0 Å². The van der Waals surface area contributed by atoms with Gasteiger partial charge in [-0.1, -0.05) is 29.8 Å². The number of amides is 3. The summed E-state index contributed by atoms with van der Waals surface area (Å²) in [7, 11) is 1.29. The number of aryl methyl sites for hydroxylation is 2. The van der Waals surface area contributed by atoms with Crippen molar-refractivity contribution in [2.75, 3.05) is 19.0 Å². The lowest BCUT2D eigenvalue weighted by atomic mass is 10.1. The maximum absolute atomic E-state index is 11.9. The van der Waals surface area contributed by atoms with Crippen LogP contribution in [0.4, 0.5) is 10.5 Å². The summed E-state index contributed by atoms with van der Waals surface area (Å²) in [6, 6.07) is 11.1. The van der Waals surface area contributed by atoms with Crippen LogP contribution in [0.3, 0.4) is 0 Å². The van der Waals surface area contributed by atoms with E-state index in [1.807, 2.05) is 26.0 Å². The van der Waals surface area contributed by atoms with E-state index in [9.17, 15) is 19.2 Å². The number of esters is 2. The molecule has 156 valence electrons. The van der Waals surface area contributed by atoms with Gasteiger partial charge in [-0.3, -0.25) is 10.1 Å². The van der Waals surface area contributed by atoms with Gasteiger partial charge in [-0.05, 0) is 49.2 Å². The van der Waals surface area contributed by atoms with E-state index >= 15 is 0 Å². The number of ether oxygens (including phenoxy) is 2. The standard InChI is InChI=1S/C22H22N2O6/c1-14-4-10-18(15(2)12-14)23-22(28)24-19(25)13-30-20(26)11-7-16-5-8-17(9-6-16)21(27)29-3/h4-12H,13H2,1-3H3,(H2,23,24,25,28)/b11-7+. The summed E-state index contributed by atoms with van der Waals surface area (Å²) in [5.74, 6) is -1.98. The summed E-state index contributed by atoms with van der Waals surface area (Å²) >= 11 is 0. The molecule has 0 saturated carbocycles. The molecule has 0 heterocycles. The fourth-order valence-corrected chi connectivity index (χ4v) is 2.47. The van der Waals surface area contributed by atoms with E-state index in [4.69, 9.17) is 4.74 Å². The fourth-order valence-electron chi connectivity index (χ4n) is 2.47. The van der Waals surface area contributed by atoms with E-state index in [2.05, 4.69) is 15.4 Å². The van der Waals surface area contributed by atoms with E-state index in [0.717, 1.165) is 17.2 Å². The summed E-state index contributed by atoms with van der Waals surface area (Å²) in [6.07, 6.45) is 2.60. The van der Waals surface area contributed by atoms with Crippen LogP contribution in [0, 0.1) is 13.8 Å². The number of carbonyl (C=O) groups excluding carboxylic acids is 4.